The molecule has 0 atom stereocenters. The number of hydrogen-bond donors (Lipinski definition) is 0. The number of carbonyl (C=O) groups is 1. The molecule has 0 saturated heterocycles. The van der Waals surface area contributed by atoms with Crippen LogP contribution in [0, 0.1) is 6.92 Å². The number of aryl methyl sites for hydroxylation is 1. The molecule has 0 bridgehead atoms. The molecule has 0 aromatic carbocycles. The van der Waals surface area contributed by atoms with Crippen molar-refractivity contribution in [2.75, 3.05) is 0 Å². The van der Waals surface area contributed by atoms with Crippen LogP contribution in [0.2, 0.25) is 0 Å². The van der Waals surface area contributed by atoms with Crippen LogP contribution >= 0.6 is 0 Å². The van der Waals surface area contributed by atoms with E-state index in [1.807, 2.05) is 13.0 Å². The molecule has 78 valence electrons. The number of unbranched alkanes of at least 4 members (excludes halogenated alkanes) is 3. The van der Waals surface area contributed by atoms with Gasteiger partial charge in [-0.3, -0.25) is 4.79 Å². The topological polar surface area (TPSA) is 30.2 Å². The van der Waals surface area contributed by atoms with E-state index in [2.05, 4.69) is 6.92 Å². The molecular weight excluding hydrogens is 176 g/mol. The van der Waals surface area contributed by atoms with Gasteiger partial charge in [0.15, 0.2) is 11.5 Å². The molecule has 2 heteroatoms. The summed E-state index contributed by atoms with van der Waals surface area (Å²) < 4.78 is 5.13. The molecule has 1 rings (SSSR count). The van der Waals surface area contributed by atoms with Gasteiger partial charge in [0.05, 0.1) is 6.26 Å². The summed E-state index contributed by atoms with van der Waals surface area (Å²) in [5, 5.41) is 0. The molecule has 0 radical (unpaired) electrons. The maximum atomic E-state index is 11.6. The Balaban J connectivity index is 2.32. The third-order valence-electron chi connectivity index (χ3n) is 2.37. The van der Waals surface area contributed by atoms with Gasteiger partial charge in [0.1, 0.15) is 0 Å². The fourth-order valence-electron chi connectivity index (χ4n) is 1.48. The Labute approximate surface area is 85.3 Å². The highest BCUT2D eigenvalue weighted by Crippen LogP contribution is 2.13. The van der Waals surface area contributed by atoms with E-state index in [0.29, 0.717) is 12.2 Å². The Hall–Kier alpha value is -1.05. The summed E-state index contributed by atoms with van der Waals surface area (Å²) in [6, 6.07) is 1.83. The quantitative estimate of drug-likeness (QED) is 0.510. The number of Topliss-reactive ketones (excluding diaryl/α,β-unsaturated/α-hetero) is 1. The normalized spacial score (nSPS) is 10.4. The lowest BCUT2D eigenvalue weighted by atomic mass is 10.1. The van der Waals surface area contributed by atoms with E-state index >= 15 is 0 Å². The average Bonchev–Trinajstić information content (AvgIpc) is 2.59. The molecule has 1 aromatic rings. The van der Waals surface area contributed by atoms with Crippen molar-refractivity contribution < 1.29 is 9.21 Å². The molecule has 0 unspecified atom stereocenters. The van der Waals surface area contributed by atoms with Gasteiger partial charge in [0, 0.05) is 6.42 Å². The zero-order valence-electron chi connectivity index (χ0n) is 9.01. The summed E-state index contributed by atoms with van der Waals surface area (Å²) >= 11 is 0. The van der Waals surface area contributed by atoms with Crippen LogP contribution in [0.3, 0.4) is 0 Å². The molecule has 0 spiro atoms. The lowest BCUT2D eigenvalue weighted by Crippen LogP contribution is -1.98. The SMILES string of the molecule is CCCCCCC(=O)c1occc1C. The highest BCUT2D eigenvalue weighted by molar-refractivity contribution is 5.94. The summed E-state index contributed by atoms with van der Waals surface area (Å²) in [4.78, 5) is 11.6. The third kappa shape index (κ3) is 3.02. The molecule has 0 fully saturated rings. The summed E-state index contributed by atoms with van der Waals surface area (Å²) in [6.07, 6.45) is 6.73. The van der Waals surface area contributed by atoms with Crippen molar-refractivity contribution in [2.24, 2.45) is 0 Å². The van der Waals surface area contributed by atoms with Crippen molar-refractivity contribution in [2.45, 2.75) is 46.0 Å². The molecule has 0 aliphatic carbocycles. The first-order chi connectivity index (χ1) is 6.75. The Morgan fingerprint density at radius 1 is 1.36 bits per heavy atom. The Kier molecular flexibility index (Phi) is 4.44. The third-order valence-corrected chi connectivity index (χ3v) is 2.37. The van der Waals surface area contributed by atoms with Crippen LogP contribution in [0.4, 0.5) is 0 Å². The van der Waals surface area contributed by atoms with Gasteiger partial charge >= 0.3 is 0 Å². The second-order valence-electron chi connectivity index (χ2n) is 3.67. The molecule has 1 aromatic heterocycles. The average molecular weight is 194 g/mol. The number of carbonyl (C=O) groups excluding carboxylic acids is 1. The number of hydrogen-bond acceptors (Lipinski definition) is 2. The van der Waals surface area contributed by atoms with E-state index < -0.39 is 0 Å². The molecule has 0 aliphatic rings. The fourth-order valence-corrected chi connectivity index (χ4v) is 1.48. The minimum Gasteiger partial charge on any atom is -0.461 e. The molecule has 0 amide bonds. The molecule has 0 saturated carbocycles. The van der Waals surface area contributed by atoms with Gasteiger partial charge in [-0.25, -0.2) is 0 Å². The standard InChI is InChI=1S/C12H18O2/c1-3-4-5-6-7-11(13)12-10(2)8-9-14-12/h8-9H,3-7H2,1-2H3. The smallest absolute Gasteiger partial charge is 0.198 e. The van der Waals surface area contributed by atoms with Crippen LogP contribution in [0.15, 0.2) is 16.7 Å². The van der Waals surface area contributed by atoms with Crippen LogP contribution in [0.1, 0.15) is 55.1 Å². The van der Waals surface area contributed by atoms with E-state index in [1.165, 1.54) is 12.8 Å². The van der Waals surface area contributed by atoms with Crippen LogP contribution in [0.25, 0.3) is 0 Å². The maximum absolute atomic E-state index is 11.6. The van der Waals surface area contributed by atoms with E-state index in [-0.39, 0.29) is 5.78 Å². The maximum Gasteiger partial charge on any atom is 0.198 e. The minimum absolute atomic E-state index is 0.142. The van der Waals surface area contributed by atoms with Crippen molar-refractivity contribution in [1.82, 2.24) is 0 Å². The summed E-state index contributed by atoms with van der Waals surface area (Å²) in [5.41, 5.74) is 0.950. The van der Waals surface area contributed by atoms with Gasteiger partial charge in [0.25, 0.3) is 0 Å². The Bertz CT molecular complexity index is 286. The number of rotatable bonds is 6. The van der Waals surface area contributed by atoms with E-state index in [4.69, 9.17) is 4.42 Å². The molecule has 1 heterocycles. The molecule has 14 heavy (non-hydrogen) atoms. The van der Waals surface area contributed by atoms with Crippen LogP contribution < -0.4 is 0 Å². The Morgan fingerprint density at radius 3 is 2.71 bits per heavy atom. The zero-order chi connectivity index (χ0) is 10.4. The molecule has 0 aliphatic heterocycles. The van der Waals surface area contributed by atoms with Gasteiger partial charge in [-0.05, 0) is 25.0 Å². The first-order valence-electron chi connectivity index (χ1n) is 5.33. The van der Waals surface area contributed by atoms with E-state index in [1.54, 1.807) is 6.26 Å². The largest absolute Gasteiger partial charge is 0.461 e. The van der Waals surface area contributed by atoms with E-state index in [0.717, 1.165) is 18.4 Å². The highest BCUT2D eigenvalue weighted by atomic mass is 16.3. The van der Waals surface area contributed by atoms with E-state index in [9.17, 15) is 4.79 Å². The molecule has 0 N–H and O–H groups in total. The minimum atomic E-state index is 0.142. The van der Waals surface area contributed by atoms with Crippen LogP contribution in [0.5, 0.6) is 0 Å². The zero-order valence-corrected chi connectivity index (χ0v) is 9.01. The fraction of sp³-hybridized carbons (Fsp3) is 0.583. The van der Waals surface area contributed by atoms with Gasteiger partial charge in [-0.1, -0.05) is 26.2 Å². The molecule has 2 nitrogen and oxygen atoms in total. The van der Waals surface area contributed by atoms with Crippen molar-refractivity contribution >= 4 is 5.78 Å². The van der Waals surface area contributed by atoms with Gasteiger partial charge in [-0.2, -0.15) is 0 Å². The summed E-state index contributed by atoms with van der Waals surface area (Å²) in [7, 11) is 0. The monoisotopic (exact) mass is 194 g/mol. The lowest BCUT2D eigenvalue weighted by Gasteiger charge is -1.98. The first-order valence-corrected chi connectivity index (χ1v) is 5.33. The Morgan fingerprint density at radius 2 is 2.14 bits per heavy atom. The number of furan rings is 1. The lowest BCUT2D eigenvalue weighted by molar-refractivity contribution is 0.0951. The van der Waals surface area contributed by atoms with Crippen molar-refractivity contribution in [3.63, 3.8) is 0 Å². The van der Waals surface area contributed by atoms with Crippen molar-refractivity contribution in [3.8, 4) is 0 Å². The summed E-state index contributed by atoms with van der Waals surface area (Å²) in [6.45, 7) is 4.07. The highest BCUT2D eigenvalue weighted by Gasteiger charge is 2.11. The van der Waals surface area contributed by atoms with Gasteiger partial charge in [-0.15, -0.1) is 0 Å². The van der Waals surface area contributed by atoms with Gasteiger partial charge < -0.3 is 4.42 Å². The predicted molar refractivity (Wildman–Crippen MR) is 56.5 cm³/mol. The van der Waals surface area contributed by atoms with Crippen molar-refractivity contribution in [3.05, 3.63) is 23.7 Å². The second kappa shape index (κ2) is 5.63. The van der Waals surface area contributed by atoms with Gasteiger partial charge in [0.2, 0.25) is 0 Å². The first kappa shape index (κ1) is 11.0. The van der Waals surface area contributed by atoms with Crippen molar-refractivity contribution in [1.29, 1.82) is 0 Å². The second-order valence-corrected chi connectivity index (χ2v) is 3.67. The van der Waals surface area contributed by atoms with Crippen LogP contribution in [-0.4, -0.2) is 5.78 Å². The summed E-state index contributed by atoms with van der Waals surface area (Å²) in [5.74, 6) is 0.685. The number of ketones is 1. The molecular formula is C12H18O2. The predicted octanol–water partition coefficient (Wildman–Crippen LogP) is 3.74. The van der Waals surface area contributed by atoms with Crippen LogP contribution in [-0.2, 0) is 0 Å².